The smallest absolute Gasteiger partial charge is 0.0553 e. The molecule has 1 heteroatoms. The van der Waals surface area contributed by atoms with Gasteiger partial charge >= 0.3 is 0 Å². The summed E-state index contributed by atoms with van der Waals surface area (Å²) in [6.07, 6.45) is 5.94. The van der Waals surface area contributed by atoms with E-state index in [0.29, 0.717) is 17.9 Å². The Hall–Kier alpha value is -2.54. The summed E-state index contributed by atoms with van der Waals surface area (Å²) in [4.78, 5) is 0. The van der Waals surface area contributed by atoms with Crippen molar-refractivity contribution in [3.63, 3.8) is 0 Å². The third-order valence-corrected chi connectivity index (χ3v) is 5.41. The largest absolute Gasteiger partial charge is 0.378 e. The molecule has 0 saturated heterocycles. The maximum atomic E-state index is 3.84. The SMILES string of the molecule is C1=CC2c3c(ccc4ccccc34)NC(c3ccccc3)C2C1. The van der Waals surface area contributed by atoms with E-state index in [-0.39, 0.29) is 0 Å². The normalized spacial score (nSPS) is 25.0. The average Bonchev–Trinajstić information content (AvgIpc) is 3.11. The molecule has 0 spiro atoms. The molecule has 2 aliphatic rings. The van der Waals surface area contributed by atoms with Gasteiger partial charge in [-0.2, -0.15) is 0 Å². The Morgan fingerprint density at radius 3 is 2.57 bits per heavy atom. The number of hydrogen-bond donors (Lipinski definition) is 1. The van der Waals surface area contributed by atoms with Crippen LogP contribution in [0.3, 0.4) is 0 Å². The van der Waals surface area contributed by atoms with Crippen LogP contribution < -0.4 is 5.32 Å². The van der Waals surface area contributed by atoms with Crippen molar-refractivity contribution in [1.29, 1.82) is 0 Å². The van der Waals surface area contributed by atoms with E-state index >= 15 is 0 Å². The Morgan fingerprint density at radius 1 is 0.826 bits per heavy atom. The highest BCUT2D eigenvalue weighted by Gasteiger charge is 2.38. The summed E-state index contributed by atoms with van der Waals surface area (Å²) in [5.41, 5.74) is 4.17. The highest BCUT2D eigenvalue weighted by Crippen LogP contribution is 2.51. The van der Waals surface area contributed by atoms with Gasteiger partial charge in [0.05, 0.1) is 6.04 Å². The minimum atomic E-state index is 0.393. The summed E-state index contributed by atoms with van der Waals surface area (Å²) in [5, 5.41) is 6.57. The number of allylic oxidation sites excluding steroid dienone is 2. The lowest BCUT2D eigenvalue weighted by molar-refractivity contribution is 0.427. The minimum Gasteiger partial charge on any atom is -0.378 e. The molecule has 0 aromatic heterocycles. The van der Waals surface area contributed by atoms with Gasteiger partial charge in [-0.15, -0.1) is 0 Å². The molecule has 0 bridgehead atoms. The zero-order valence-corrected chi connectivity index (χ0v) is 12.9. The second-order valence-electron chi connectivity index (χ2n) is 6.63. The van der Waals surface area contributed by atoms with Gasteiger partial charge in [-0.1, -0.05) is 72.8 Å². The van der Waals surface area contributed by atoms with Crippen LogP contribution in [0.15, 0.2) is 78.9 Å². The maximum absolute atomic E-state index is 3.84. The molecule has 1 N–H and O–H groups in total. The van der Waals surface area contributed by atoms with E-state index in [9.17, 15) is 0 Å². The Kier molecular flexibility index (Phi) is 2.81. The van der Waals surface area contributed by atoms with Crippen molar-refractivity contribution in [3.05, 3.63) is 90.0 Å². The van der Waals surface area contributed by atoms with Gasteiger partial charge in [-0.3, -0.25) is 0 Å². The second-order valence-corrected chi connectivity index (χ2v) is 6.63. The fourth-order valence-corrected chi connectivity index (χ4v) is 4.37. The van der Waals surface area contributed by atoms with Gasteiger partial charge in [0.1, 0.15) is 0 Å². The van der Waals surface area contributed by atoms with E-state index in [0.717, 1.165) is 6.42 Å². The molecular formula is C22H19N. The average molecular weight is 297 g/mol. The van der Waals surface area contributed by atoms with Crippen LogP contribution in [0.4, 0.5) is 5.69 Å². The third-order valence-electron chi connectivity index (χ3n) is 5.41. The van der Waals surface area contributed by atoms with Gasteiger partial charge in [0.15, 0.2) is 0 Å². The standard InChI is InChI=1S/C22H19N/c1-2-8-16(9-3-1)22-19-12-6-11-18(19)21-17-10-5-4-7-15(17)13-14-20(21)23-22/h1-11,13-14,18-19,22-23H,12H2. The molecule has 0 fully saturated rings. The van der Waals surface area contributed by atoms with E-state index in [2.05, 4.69) is 84.2 Å². The van der Waals surface area contributed by atoms with Crippen LogP contribution in [-0.4, -0.2) is 0 Å². The molecule has 3 aromatic rings. The Labute approximate surface area is 136 Å². The summed E-state index contributed by atoms with van der Waals surface area (Å²) in [5.74, 6) is 1.12. The lowest BCUT2D eigenvalue weighted by Crippen LogP contribution is -2.29. The summed E-state index contributed by atoms with van der Waals surface area (Å²) in [7, 11) is 0. The first-order valence-electron chi connectivity index (χ1n) is 8.41. The molecule has 3 atom stereocenters. The summed E-state index contributed by atoms with van der Waals surface area (Å²) in [6, 6.07) is 24.5. The number of nitrogens with one attached hydrogen (secondary N) is 1. The fraction of sp³-hybridized carbons (Fsp3) is 0.182. The first-order chi connectivity index (χ1) is 11.4. The molecule has 1 aliphatic carbocycles. The first kappa shape index (κ1) is 13.0. The quantitative estimate of drug-likeness (QED) is 0.571. The molecule has 5 rings (SSSR count). The fourth-order valence-electron chi connectivity index (χ4n) is 4.37. The van der Waals surface area contributed by atoms with Crippen molar-refractivity contribution in [2.75, 3.05) is 5.32 Å². The molecule has 1 aliphatic heterocycles. The van der Waals surface area contributed by atoms with E-state index in [1.807, 2.05) is 0 Å². The summed E-state index contributed by atoms with van der Waals surface area (Å²) < 4.78 is 0. The van der Waals surface area contributed by atoms with Crippen LogP contribution in [0.1, 0.15) is 29.5 Å². The summed E-state index contributed by atoms with van der Waals surface area (Å²) in [6.45, 7) is 0. The van der Waals surface area contributed by atoms with Gasteiger partial charge in [0.2, 0.25) is 0 Å². The highest BCUT2D eigenvalue weighted by molar-refractivity contribution is 5.91. The molecule has 0 radical (unpaired) electrons. The van der Waals surface area contributed by atoms with Crippen molar-refractivity contribution in [1.82, 2.24) is 0 Å². The zero-order chi connectivity index (χ0) is 15.2. The van der Waals surface area contributed by atoms with Crippen molar-refractivity contribution >= 4 is 16.5 Å². The Bertz CT molecular complexity index is 894. The van der Waals surface area contributed by atoms with Crippen molar-refractivity contribution in [2.45, 2.75) is 18.4 Å². The van der Waals surface area contributed by atoms with Crippen LogP contribution in [0.25, 0.3) is 10.8 Å². The highest BCUT2D eigenvalue weighted by atomic mass is 15.0. The topological polar surface area (TPSA) is 12.0 Å². The van der Waals surface area contributed by atoms with Gasteiger partial charge < -0.3 is 5.32 Å². The molecule has 112 valence electrons. The van der Waals surface area contributed by atoms with Crippen LogP contribution in [0.2, 0.25) is 0 Å². The van der Waals surface area contributed by atoms with E-state index in [1.54, 1.807) is 0 Å². The third kappa shape index (κ3) is 1.93. The van der Waals surface area contributed by atoms with Crippen LogP contribution >= 0.6 is 0 Å². The predicted molar refractivity (Wildman–Crippen MR) is 96.7 cm³/mol. The van der Waals surface area contributed by atoms with Gasteiger partial charge in [-0.05, 0) is 40.3 Å². The number of fused-ring (bicyclic) bond motifs is 5. The number of rotatable bonds is 1. The minimum absolute atomic E-state index is 0.393. The molecule has 0 saturated carbocycles. The molecule has 3 aromatic carbocycles. The number of benzene rings is 3. The van der Waals surface area contributed by atoms with E-state index in [4.69, 9.17) is 0 Å². The molecule has 3 unspecified atom stereocenters. The lowest BCUT2D eigenvalue weighted by atomic mass is 9.75. The van der Waals surface area contributed by atoms with E-state index in [1.165, 1.54) is 27.6 Å². The lowest BCUT2D eigenvalue weighted by Gasteiger charge is -2.38. The van der Waals surface area contributed by atoms with Crippen molar-refractivity contribution in [2.24, 2.45) is 5.92 Å². The van der Waals surface area contributed by atoms with Gasteiger partial charge in [0, 0.05) is 11.6 Å². The predicted octanol–water partition coefficient (Wildman–Crippen LogP) is 5.67. The monoisotopic (exact) mass is 297 g/mol. The van der Waals surface area contributed by atoms with Gasteiger partial charge in [0.25, 0.3) is 0 Å². The maximum Gasteiger partial charge on any atom is 0.0553 e. The van der Waals surface area contributed by atoms with Crippen LogP contribution in [0.5, 0.6) is 0 Å². The zero-order valence-electron chi connectivity index (χ0n) is 12.9. The molecule has 1 heterocycles. The number of hydrogen-bond acceptors (Lipinski definition) is 1. The Balaban J connectivity index is 1.71. The van der Waals surface area contributed by atoms with Crippen LogP contribution in [-0.2, 0) is 0 Å². The Morgan fingerprint density at radius 2 is 1.65 bits per heavy atom. The number of anilines is 1. The van der Waals surface area contributed by atoms with Gasteiger partial charge in [-0.25, -0.2) is 0 Å². The van der Waals surface area contributed by atoms with Crippen molar-refractivity contribution < 1.29 is 0 Å². The van der Waals surface area contributed by atoms with Crippen LogP contribution in [0, 0.1) is 5.92 Å². The van der Waals surface area contributed by atoms with E-state index < -0.39 is 0 Å². The molecule has 1 nitrogen and oxygen atoms in total. The van der Waals surface area contributed by atoms with Crippen molar-refractivity contribution in [3.8, 4) is 0 Å². The molecule has 0 amide bonds. The molecule has 23 heavy (non-hydrogen) atoms. The second kappa shape index (κ2) is 4.99. The summed E-state index contributed by atoms with van der Waals surface area (Å²) >= 11 is 0. The molecular weight excluding hydrogens is 278 g/mol. The first-order valence-corrected chi connectivity index (χ1v) is 8.41.